The molecule has 1 atom stereocenters. The van der Waals surface area contributed by atoms with Crippen LogP contribution in [0.25, 0.3) is 10.8 Å². The molecule has 0 radical (unpaired) electrons. The van der Waals surface area contributed by atoms with Gasteiger partial charge in [-0.1, -0.05) is 24.3 Å². The van der Waals surface area contributed by atoms with Crippen molar-refractivity contribution < 1.29 is 14.6 Å². The van der Waals surface area contributed by atoms with Gasteiger partial charge in [-0.15, -0.1) is 0 Å². The van der Waals surface area contributed by atoms with Gasteiger partial charge in [0.05, 0.1) is 0 Å². The molecule has 0 unspecified atom stereocenters. The van der Waals surface area contributed by atoms with Gasteiger partial charge in [-0.2, -0.15) is 0 Å². The number of phenols is 1. The van der Waals surface area contributed by atoms with Gasteiger partial charge in [0.25, 0.3) is 0 Å². The van der Waals surface area contributed by atoms with E-state index in [1.54, 1.807) is 43.6 Å². The van der Waals surface area contributed by atoms with Crippen molar-refractivity contribution in [1.29, 1.82) is 0 Å². The Kier molecular flexibility index (Phi) is 3.74. The number of benzene rings is 2. The van der Waals surface area contributed by atoms with Gasteiger partial charge >= 0.3 is 5.97 Å². The molecule has 0 spiro atoms. The summed E-state index contributed by atoms with van der Waals surface area (Å²) in [5, 5.41) is 11.8. The Labute approximate surface area is 128 Å². The molecule has 0 fully saturated rings. The summed E-state index contributed by atoms with van der Waals surface area (Å²) < 4.78 is 5.43. The van der Waals surface area contributed by atoms with E-state index >= 15 is 0 Å². The summed E-state index contributed by atoms with van der Waals surface area (Å²) in [6, 6.07) is 14.3. The van der Waals surface area contributed by atoms with Crippen LogP contribution in [0.4, 0.5) is 0 Å². The summed E-state index contributed by atoms with van der Waals surface area (Å²) in [5.41, 5.74) is 1.02. The molecule has 0 bridgehead atoms. The maximum atomic E-state index is 12.3. The second kappa shape index (κ2) is 5.85. The first-order valence-electron chi connectivity index (χ1n) is 6.98. The molecule has 4 nitrogen and oxygen atoms in total. The molecular weight excluding hydrogens is 278 g/mol. The number of aromatic hydroxyl groups is 1. The molecule has 1 heterocycles. The van der Waals surface area contributed by atoms with Crippen LogP contribution >= 0.6 is 0 Å². The molecule has 0 saturated heterocycles. The van der Waals surface area contributed by atoms with Gasteiger partial charge in [0.2, 0.25) is 0 Å². The van der Waals surface area contributed by atoms with E-state index in [4.69, 9.17) is 4.74 Å². The number of rotatable bonds is 3. The first-order valence-corrected chi connectivity index (χ1v) is 6.98. The van der Waals surface area contributed by atoms with Crippen LogP contribution in [0.3, 0.4) is 0 Å². The minimum Gasteiger partial charge on any atom is -0.507 e. The third kappa shape index (κ3) is 2.76. The van der Waals surface area contributed by atoms with Crippen molar-refractivity contribution in [3.63, 3.8) is 0 Å². The SMILES string of the molecule is C[C@H](OC(=O)c1cc2ccccc2cc1O)c1ccncc1. The Morgan fingerprint density at radius 1 is 1.09 bits per heavy atom. The summed E-state index contributed by atoms with van der Waals surface area (Å²) >= 11 is 0. The highest BCUT2D eigenvalue weighted by molar-refractivity contribution is 5.98. The lowest BCUT2D eigenvalue weighted by Gasteiger charge is -2.14. The van der Waals surface area contributed by atoms with Crippen molar-refractivity contribution in [3.8, 4) is 5.75 Å². The first-order chi connectivity index (χ1) is 10.6. The van der Waals surface area contributed by atoms with Gasteiger partial charge in [-0.05, 0) is 47.5 Å². The van der Waals surface area contributed by atoms with Gasteiger partial charge in [-0.25, -0.2) is 4.79 Å². The van der Waals surface area contributed by atoms with E-state index in [0.29, 0.717) is 0 Å². The Morgan fingerprint density at radius 3 is 2.41 bits per heavy atom. The van der Waals surface area contributed by atoms with E-state index in [1.165, 1.54) is 0 Å². The van der Waals surface area contributed by atoms with Crippen LogP contribution in [0.5, 0.6) is 5.75 Å². The summed E-state index contributed by atoms with van der Waals surface area (Å²) in [7, 11) is 0. The highest BCUT2D eigenvalue weighted by atomic mass is 16.5. The number of esters is 1. The van der Waals surface area contributed by atoms with Crippen molar-refractivity contribution in [1.82, 2.24) is 4.98 Å². The summed E-state index contributed by atoms with van der Waals surface area (Å²) in [6.45, 7) is 1.78. The zero-order chi connectivity index (χ0) is 15.5. The Morgan fingerprint density at radius 2 is 1.73 bits per heavy atom. The van der Waals surface area contributed by atoms with Gasteiger partial charge in [0.1, 0.15) is 17.4 Å². The minimum absolute atomic E-state index is 0.0781. The van der Waals surface area contributed by atoms with Gasteiger partial charge in [-0.3, -0.25) is 4.98 Å². The molecule has 0 aliphatic rings. The van der Waals surface area contributed by atoms with Crippen molar-refractivity contribution in [2.45, 2.75) is 13.0 Å². The predicted octanol–water partition coefficient (Wildman–Crippen LogP) is 3.86. The minimum atomic E-state index is -0.549. The van der Waals surface area contributed by atoms with Crippen LogP contribution in [0.2, 0.25) is 0 Å². The second-order valence-electron chi connectivity index (χ2n) is 5.04. The molecule has 4 heteroatoms. The van der Waals surface area contributed by atoms with E-state index < -0.39 is 12.1 Å². The zero-order valence-electron chi connectivity index (χ0n) is 12.1. The van der Waals surface area contributed by atoms with E-state index in [2.05, 4.69) is 4.98 Å². The first kappa shape index (κ1) is 14.1. The number of nitrogens with zero attached hydrogens (tertiary/aromatic N) is 1. The summed E-state index contributed by atoms with van der Waals surface area (Å²) in [6.07, 6.45) is 2.88. The molecule has 0 aliphatic carbocycles. The molecule has 1 aromatic heterocycles. The normalized spacial score (nSPS) is 12.0. The van der Waals surface area contributed by atoms with E-state index in [1.807, 2.05) is 24.3 Å². The smallest absolute Gasteiger partial charge is 0.342 e. The fourth-order valence-electron chi connectivity index (χ4n) is 2.32. The van der Waals surface area contributed by atoms with Gasteiger partial charge in [0, 0.05) is 12.4 Å². The molecule has 0 saturated carbocycles. The maximum absolute atomic E-state index is 12.3. The van der Waals surface area contributed by atoms with Crippen LogP contribution in [-0.2, 0) is 4.74 Å². The molecule has 2 aromatic carbocycles. The molecule has 22 heavy (non-hydrogen) atoms. The lowest BCUT2D eigenvalue weighted by atomic mass is 10.1. The standard InChI is InChI=1S/C18H15NO3/c1-12(13-6-8-19-9-7-13)22-18(21)16-10-14-4-2-3-5-15(14)11-17(16)20/h2-12,20H,1H3/t12-/m0/s1. The van der Waals surface area contributed by atoms with Crippen molar-refractivity contribution >= 4 is 16.7 Å². The van der Waals surface area contributed by atoms with Crippen LogP contribution < -0.4 is 0 Å². The van der Waals surface area contributed by atoms with Crippen molar-refractivity contribution in [3.05, 3.63) is 72.1 Å². The molecule has 0 aliphatic heterocycles. The van der Waals surface area contributed by atoms with Crippen LogP contribution in [-0.4, -0.2) is 16.1 Å². The third-order valence-electron chi connectivity index (χ3n) is 3.54. The number of hydrogen-bond donors (Lipinski definition) is 1. The highest BCUT2D eigenvalue weighted by Gasteiger charge is 2.17. The number of aromatic nitrogens is 1. The van der Waals surface area contributed by atoms with E-state index in [-0.39, 0.29) is 11.3 Å². The highest BCUT2D eigenvalue weighted by Crippen LogP contribution is 2.27. The number of phenolic OH excluding ortho intramolecular Hbond substituents is 1. The number of carbonyl (C=O) groups is 1. The second-order valence-corrected chi connectivity index (χ2v) is 5.04. The van der Waals surface area contributed by atoms with Gasteiger partial charge in [0.15, 0.2) is 0 Å². The Hall–Kier alpha value is -2.88. The number of carbonyl (C=O) groups excluding carboxylic acids is 1. The lowest BCUT2D eigenvalue weighted by molar-refractivity contribution is 0.0335. The molecule has 3 rings (SSSR count). The predicted molar refractivity (Wildman–Crippen MR) is 83.7 cm³/mol. The number of hydrogen-bond acceptors (Lipinski definition) is 4. The zero-order valence-corrected chi connectivity index (χ0v) is 12.1. The summed E-state index contributed by atoms with van der Waals surface area (Å²) in [5.74, 6) is -0.627. The molecular formula is C18H15NO3. The van der Waals surface area contributed by atoms with E-state index in [0.717, 1.165) is 16.3 Å². The van der Waals surface area contributed by atoms with E-state index in [9.17, 15) is 9.90 Å². The Balaban J connectivity index is 1.87. The molecule has 110 valence electrons. The average Bonchev–Trinajstić information content (AvgIpc) is 2.54. The molecule has 3 aromatic rings. The third-order valence-corrected chi connectivity index (χ3v) is 3.54. The topological polar surface area (TPSA) is 59.4 Å². The lowest BCUT2D eigenvalue weighted by Crippen LogP contribution is -2.09. The fraction of sp³-hybridized carbons (Fsp3) is 0.111. The van der Waals surface area contributed by atoms with Crippen LogP contribution in [0.1, 0.15) is 28.9 Å². The average molecular weight is 293 g/mol. The van der Waals surface area contributed by atoms with Crippen LogP contribution in [0, 0.1) is 0 Å². The number of pyridine rings is 1. The maximum Gasteiger partial charge on any atom is 0.342 e. The fourth-order valence-corrected chi connectivity index (χ4v) is 2.32. The quantitative estimate of drug-likeness (QED) is 0.745. The molecule has 1 N–H and O–H groups in total. The van der Waals surface area contributed by atoms with Crippen LogP contribution in [0.15, 0.2) is 60.9 Å². The number of ether oxygens (including phenoxy) is 1. The summed E-state index contributed by atoms with van der Waals surface area (Å²) in [4.78, 5) is 16.2. The van der Waals surface area contributed by atoms with Crippen molar-refractivity contribution in [2.24, 2.45) is 0 Å². The number of fused-ring (bicyclic) bond motifs is 1. The largest absolute Gasteiger partial charge is 0.507 e. The monoisotopic (exact) mass is 293 g/mol. The molecule has 0 amide bonds. The van der Waals surface area contributed by atoms with Crippen molar-refractivity contribution in [2.75, 3.05) is 0 Å². The van der Waals surface area contributed by atoms with Gasteiger partial charge < -0.3 is 9.84 Å². The Bertz CT molecular complexity index is 815.